The smallest absolute Gasteiger partial charge is 0.123 e. The highest BCUT2D eigenvalue weighted by molar-refractivity contribution is 5.74. The van der Waals surface area contributed by atoms with E-state index < -0.39 is 0 Å². The van der Waals surface area contributed by atoms with Crippen LogP contribution >= 0.6 is 0 Å². The molecule has 0 heterocycles. The highest BCUT2D eigenvalue weighted by Crippen LogP contribution is 2.31. The van der Waals surface area contributed by atoms with Crippen molar-refractivity contribution in [2.45, 2.75) is 6.92 Å². The number of aryl methyl sites for hydroxylation is 1. The van der Waals surface area contributed by atoms with Gasteiger partial charge in [-0.2, -0.15) is 0 Å². The Kier molecular flexibility index (Phi) is 3.26. The molecule has 0 radical (unpaired) electrons. The third-order valence-corrected chi connectivity index (χ3v) is 3.46. The summed E-state index contributed by atoms with van der Waals surface area (Å²) in [5, 5.41) is 9.97. The molecule has 0 saturated heterocycles. The third-order valence-electron chi connectivity index (χ3n) is 3.46. The van der Waals surface area contributed by atoms with Crippen LogP contribution < -0.4 is 0 Å². The monoisotopic (exact) mass is 260 g/mol. The Morgan fingerprint density at radius 1 is 0.650 bits per heavy atom. The molecule has 3 rings (SSSR count). The SMILES string of the molecule is Cc1ccc(O)c(-c2ccc(-c3ccccc3)cc2)c1. The van der Waals surface area contributed by atoms with Crippen molar-refractivity contribution in [3.05, 3.63) is 78.4 Å². The van der Waals surface area contributed by atoms with E-state index in [-0.39, 0.29) is 0 Å². The van der Waals surface area contributed by atoms with Crippen LogP contribution in [0.25, 0.3) is 22.3 Å². The molecular formula is C19H16O. The van der Waals surface area contributed by atoms with E-state index in [0.717, 1.165) is 16.7 Å². The maximum atomic E-state index is 9.97. The maximum Gasteiger partial charge on any atom is 0.123 e. The zero-order chi connectivity index (χ0) is 13.9. The Labute approximate surface area is 119 Å². The van der Waals surface area contributed by atoms with Gasteiger partial charge in [-0.3, -0.25) is 0 Å². The van der Waals surface area contributed by atoms with Gasteiger partial charge in [0.2, 0.25) is 0 Å². The Morgan fingerprint density at radius 3 is 1.95 bits per heavy atom. The van der Waals surface area contributed by atoms with Crippen LogP contribution in [0, 0.1) is 6.92 Å². The minimum absolute atomic E-state index is 0.322. The van der Waals surface area contributed by atoms with Gasteiger partial charge in [0.05, 0.1) is 0 Å². The van der Waals surface area contributed by atoms with Crippen LogP contribution in [0.3, 0.4) is 0 Å². The fourth-order valence-electron chi connectivity index (χ4n) is 2.35. The highest BCUT2D eigenvalue weighted by Gasteiger charge is 2.05. The second kappa shape index (κ2) is 5.22. The molecule has 0 atom stereocenters. The first-order valence-corrected chi connectivity index (χ1v) is 6.69. The first-order valence-electron chi connectivity index (χ1n) is 6.69. The zero-order valence-corrected chi connectivity index (χ0v) is 11.4. The summed E-state index contributed by atoms with van der Waals surface area (Å²) in [7, 11) is 0. The summed E-state index contributed by atoms with van der Waals surface area (Å²) in [5.74, 6) is 0.322. The number of rotatable bonds is 2. The van der Waals surface area contributed by atoms with E-state index in [1.807, 2.05) is 37.3 Å². The molecule has 1 heteroatoms. The lowest BCUT2D eigenvalue weighted by molar-refractivity contribution is 0.477. The van der Waals surface area contributed by atoms with Crippen molar-refractivity contribution in [3.63, 3.8) is 0 Å². The molecule has 0 aromatic heterocycles. The van der Waals surface area contributed by atoms with E-state index >= 15 is 0 Å². The summed E-state index contributed by atoms with van der Waals surface area (Å²) in [6.45, 7) is 2.03. The quantitative estimate of drug-likeness (QED) is 0.684. The van der Waals surface area contributed by atoms with Crippen molar-refractivity contribution in [2.75, 3.05) is 0 Å². The number of aromatic hydroxyl groups is 1. The molecule has 0 bridgehead atoms. The van der Waals surface area contributed by atoms with Gasteiger partial charge in [-0.25, -0.2) is 0 Å². The van der Waals surface area contributed by atoms with E-state index in [2.05, 4.69) is 36.4 Å². The molecule has 0 unspecified atom stereocenters. The van der Waals surface area contributed by atoms with Crippen LogP contribution in [-0.2, 0) is 0 Å². The van der Waals surface area contributed by atoms with Gasteiger partial charge in [0.25, 0.3) is 0 Å². The van der Waals surface area contributed by atoms with Crippen LogP contribution in [0.5, 0.6) is 5.75 Å². The largest absolute Gasteiger partial charge is 0.507 e. The van der Waals surface area contributed by atoms with Gasteiger partial charge in [-0.1, -0.05) is 66.2 Å². The van der Waals surface area contributed by atoms with Crippen molar-refractivity contribution in [2.24, 2.45) is 0 Å². The third kappa shape index (κ3) is 2.43. The number of benzene rings is 3. The van der Waals surface area contributed by atoms with Gasteiger partial charge in [0.15, 0.2) is 0 Å². The van der Waals surface area contributed by atoms with Crippen LogP contribution in [0.15, 0.2) is 72.8 Å². The van der Waals surface area contributed by atoms with Gasteiger partial charge < -0.3 is 5.11 Å². The predicted molar refractivity (Wildman–Crippen MR) is 83.7 cm³/mol. The second-order valence-electron chi connectivity index (χ2n) is 4.96. The van der Waals surface area contributed by atoms with Crippen LogP contribution in [-0.4, -0.2) is 5.11 Å². The Hall–Kier alpha value is -2.54. The molecule has 0 aliphatic heterocycles. The van der Waals surface area contributed by atoms with Crippen LogP contribution in [0.4, 0.5) is 0 Å². The zero-order valence-electron chi connectivity index (χ0n) is 11.4. The van der Waals surface area contributed by atoms with E-state index in [0.29, 0.717) is 5.75 Å². The molecule has 3 aromatic rings. The Morgan fingerprint density at radius 2 is 1.25 bits per heavy atom. The molecule has 0 spiro atoms. The van der Waals surface area contributed by atoms with Crippen LogP contribution in [0.1, 0.15) is 5.56 Å². The molecule has 98 valence electrons. The van der Waals surface area contributed by atoms with E-state index in [4.69, 9.17) is 0 Å². The van der Waals surface area contributed by atoms with E-state index in [1.165, 1.54) is 11.1 Å². The molecule has 0 saturated carbocycles. The minimum Gasteiger partial charge on any atom is -0.507 e. The van der Waals surface area contributed by atoms with Crippen molar-refractivity contribution < 1.29 is 5.11 Å². The predicted octanol–water partition coefficient (Wildman–Crippen LogP) is 5.03. The number of hydrogen-bond acceptors (Lipinski definition) is 1. The lowest BCUT2D eigenvalue weighted by Crippen LogP contribution is -1.82. The highest BCUT2D eigenvalue weighted by atomic mass is 16.3. The molecule has 0 aliphatic rings. The molecule has 0 amide bonds. The standard InChI is InChI=1S/C19H16O/c1-14-7-12-19(20)18(13-14)17-10-8-16(9-11-17)15-5-3-2-4-6-15/h2-13,20H,1H3. The molecule has 3 aromatic carbocycles. The maximum absolute atomic E-state index is 9.97. The summed E-state index contributed by atoms with van der Waals surface area (Å²) >= 11 is 0. The summed E-state index contributed by atoms with van der Waals surface area (Å²) in [6, 6.07) is 24.2. The molecule has 1 N–H and O–H groups in total. The average molecular weight is 260 g/mol. The topological polar surface area (TPSA) is 20.2 Å². The fourth-order valence-corrected chi connectivity index (χ4v) is 2.35. The van der Waals surface area contributed by atoms with E-state index in [1.54, 1.807) is 6.07 Å². The normalized spacial score (nSPS) is 10.4. The molecule has 20 heavy (non-hydrogen) atoms. The summed E-state index contributed by atoms with van der Waals surface area (Å²) in [6.07, 6.45) is 0. The number of phenols is 1. The van der Waals surface area contributed by atoms with Crippen molar-refractivity contribution in [1.29, 1.82) is 0 Å². The number of hydrogen-bond donors (Lipinski definition) is 1. The first-order chi connectivity index (χ1) is 9.74. The number of phenolic OH excluding ortho intramolecular Hbond substituents is 1. The van der Waals surface area contributed by atoms with Crippen LogP contribution in [0.2, 0.25) is 0 Å². The van der Waals surface area contributed by atoms with Crippen molar-refractivity contribution in [1.82, 2.24) is 0 Å². The van der Waals surface area contributed by atoms with Crippen molar-refractivity contribution >= 4 is 0 Å². The van der Waals surface area contributed by atoms with Gasteiger partial charge in [0.1, 0.15) is 5.75 Å². The van der Waals surface area contributed by atoms with E-state index in [9.17, 15) is 5.11 Å². The van der Waals surface area contributed by atoms with Crippen molar-refractivity contribution in [3.8, 4) is 28.0 Å². The summed E-state index contributed by atoms with van der Waals surface area (Å²) in [4.78, 5) is 0. The second-order valence-corrected chi connectivity index (χ2v) is 4.96. The molecule has 0 aliphatic carbocycles. The average Bonchev–Trinajstić information content (AvgIpc) is 2.51. The summed E-state index contributed by atoms with van der Waals surface area (Å²) in [5.41, 5.74) is 5.44. The first kappa shape index (κ1) is 12.5. The molecule has 0 fully saturated rings. The summed E-state index contributed by atoms with van der Waals surface area (Å²) < 4.78 is 0. The lowest BCUT2D eigenvalue weighted by atomic mass is 9.99. The van der Waals surface area contributed by atoms with Gasteiger partial charge in [-0.05, 0) is 35.7 Å². The molecular weight excluding hydrogens is 244 g/mol. The Balaban J connectivity index is 2.00. The minimum atomic E-state index is 0.322. The lowest BCUT2D eigenvalue weighted by Gasteiger charge is -2.07. The Bertz CT molecular complexity index is 713. The molecule has 1 nitrogen and oxygen atoms in total. The van der Waals surface area contributed by atoms with Gasteiger partial charge in [0, 0.05) is 5.56 Å². The van der Waals surface area contributed by atoms with Gasteiger partial charge >= 0.3 is 0 Å². The fraction of sp³-hybridized carbons (Fsp3) is 0.0526. The van der Waals surface area contributed by atoms with Gasteiger partial charge in [-0.15, -0.1) is 0 Å².